The van der Waals surface area contributed by atoms with Crippen LogP contribution in [-0.4, -0.2) is 23.3 Å². The predicted octanol–water partition coefficient (Wildman–Crippen LogP) is 4.37. The Morgan fingerprint density at radius 1 is 1.07 bits per heavy atom. The van der Waals surface area contributed by atoms with Gasteiger partial charge in [-0.3, -0.25) is 19.7 Å². The standard InChI is InChI=1S/C23H27N3O4/c1-3-4-5-6-14-24-23(28)21(16-18-8-7-9-20(15-18)26(29)30)25-22(27)19-12-10-17(2)11-13-19/h7-13,15-16H,3-6,14H2,1-2H3,(H,24,28)(H,25,27)/b21-16-. The fourth-order valence-electron chi connectivity index (χ4n) is 2.80. The molecule has 30 heavy (non-hydrogen) atoms. The van der Waals surface area contributed by atoms with E-state index in [9.17, 15) is 19.7 Å². The molecule has 0 aliphatic heterocycles. The maximum atomic E-state index is 12.7. The molecule has 2 rings (SSSR count). The van der Waals surface area contributed by atoms with Gasteiger partial charge >= 0.3 is 0 Å². The summed E-state index contributed by atoms with van der Waals surface area (Å²) in [5, 5.41) is 16.5. The lowest BCUT2D eigenvalue weighted by atomic mass is 10.1. The number of aryl methyl sites for hydroxylation is 1. The first-order valence-electron chi connectivity index (χ1n) is 10.0. The highest BCUT2D eigenvalue weighted by molar-refractivity contribution is 6.05. The Morgan fingerprint density at radius 3 is 2.47 bits per heavy atom. The van der Waals surface area contributed by atoms with Gasteiger partial charge in [0.1, 0.15) is 5.70 Å². The average molecular weight is 409 g/mol. The Bertz CT molecular complexity index is 920. The topological polar surface area (TPSA) is 101 Å². The second kappa shape index (κ2) is 11.5. The molecule has 2 N–H and O–H groups in total. The fraction of sp³-hybridized carbons (Fsp3) is 0.304. The van der Waals surface area contributed by atoms with Crippen molar-refractivity contribution in [2.45, 2.75) is 39.5 Å². The van der Waals surface area contributed by atoms with Crippen LogP contribution in [0.3, 0.4) is 0 Å². The Balaban J connectivity index is 2.21. The van der Waals surface area contributed by atoms with E-state index < -0.39 is 16.7 Å². The molecule has 0 fully saturated rings. The van der Waals surface area contributed by atoms with Crippen molar-refractivity contribution >= 4 is 23.6 Å². The molecule has 158 valence electrons. The van der Waals surface area contributed by atoms with Gasteiger partial charge in [-0.1, -0.05) is 56.0 Å². The number of rotatable bonds is 10. The molecular weight excluding hydrogens is 382 g/mol. The van der Waals surface area contributed by atoms with Crippen molar-refractivity contribution in [2.24, 2.45) is 0 Å². The van der Waals surface area contributed by atoms with Crippen molar-refractivity contribution < 1.29 is 14.5 Å². The second-order valence-electron chi connectivity index (χ2n) is 7.05. The van der Waals surface area contributed by atoms with Gasteiger partial charge in [0.05, 0.1) is 4.92 Å². The molecule has 0 atom stereocenters. The minimum Gasteiger partial charge on any atom is -0.351 e. The molecule has 7 nitrogen and oxygen atoms in total. The Hall–Kier alpha value is -3.48. The molecule has 2 amide bonds. The lowest BCUT2D eigenvalue weighted by molar-refractivity contribution is -0.384. The van der Waals surface area contributed by atoms with Crippen LogP contribution >= 0.6 is 0 Å². The van der Waals surface area contributed by atoms with E-state index in [0.717, 1.165) is 31.2 Å². The number of benzene rings is 2. The summed E-state index contributed by atoms with van der Waals surface area (Å²) in [5.41, 5.74) is 1.83. The summed E-state index contributed by atoms with van der Waals surface area (Å²) in [4.78, 5) is 35.8. The highest BCUT2D eigenvalue weighted by atomic mass is 16.6. The van der Waals surface area contributed by atoms with E-state index >= 15 is 0 Å². The van der Waals surface area contributed by atoms with Crippen LogP contribution in [0.25, 0.3) is 6.08 Å². The van der Waals surface area contributed by atoms with Gasteiger partial charge in [0.15, 0.2) is 0 Å². The van der Waals surface area contributed by atoms with Crippen LogP contribution in [0.2, 0.25) is 0 Å². The van der Waals surface area contributed by atoms with Gasteiger partial charge in [-0.15, -0.1) is 0 Å². The molecule has 0 aliphatic rings. The first-order valence-corrected chi connectivity index (χ1v) is 10.0. The van der Waals surface area contributed by atoms with Gasteiger partial charge in [0, 0.05) is 24.2 Å². The summed E-state index contributed by atoms with van der Waals surface area (Å²) >= 11 is 0. The molecule has 0 bridgehead atoms. The average Bonchev–Trinajstić information content (AvgIpc) is 2.73. The Labute approximate surface area is 176 Å². The van der Waals surface area contributed by atoms with Crippen molar-refractivity contribution in [3.63, 3.8) is 0 Å². The first kappa shape index (κ1) is 22.8. The molecule has 0 unspecified atom stereocenters. The molecule has 0 aromatic heterocycles. The highest BCUT2D eigenvalue weighted by Gasteiger charge is 2.15. The molecule has 0 spiro atoms. The van der Waals surface area contributed by atoms with E-state index in [1.807, 2.05) is 19.1 Å². The summed E-state index contributed by atoms with van der Waals surface area (Å²) in [7, 11) is 0. The van der Waals surface area contributed by atoms with Crippen LogP contribution in [-0.2, 0) is 4.79 Å². The van der Waals surface area contributed by atoms with Crippen LogP contribution < -0.4 is 10.6 Å². The number of nitro groups is 1. The zero-order valence-electron chi connectivity index (χ0n) is 17.3. The van der Waals surface area contributed by atoms with Gasteiger partial charge in [-0.2, -0.15) is 0 Å². The zero-order chi connectivity index (χ0) is 21.9. The van der Waals surface area contributed by atoms with Crippen LogP contribution in [0.5, 0.6) is 0 Å². The monoisotopic (exact) mass is 409 g/mol. The number of non-ortho nitro benzene ring substituents is 1. The third kappa shape index (κ3) is 7.16. The van der Waals surface area contributed by atoms with Gasteiger partial charge in [-0.05, 0) is 37.1 Å². The van der Waals surface area contributed by atoms with E-state index in [0.29, 0.717) is 17.7 Å². The van der Waals surface area contributed by atoms with Crippen molar-refractivity contribution in [2.75, 3.05) is 6.54 Å². The van der Waals surface area contributed by atoms with Crippen LogP contribution in [0.15, 0.2) is 54.2 Å². The van der Waals surface area contributed by atoms with E-state index in [4.69, 9.17) is 0 Å². The zero-order valence-corrected chi connectivity index (χ0v) is 17.3. The lowest BCUT2D eigenvalue weighted by Crippen LogP contribution is -2.35. The number of nitro benzene ring substituents is 1. The summed E-state index contributed by atoms with van der Waals surface area (Å²) < 4.78 is 0. The minimum absolute atomic E-state index is 0.0385. The predicted molar refractivity (Wildman–Crippen MR) is 117 cm³/mol. The molecule has 0 aliphatic carbocycles. The van der Waals surface area contributed by atoms with Gasteiger partial charge < -0.3 is 10.6 Å². The molecule has 7 heteroatoms. The van der Waals surface area contributed by atoms with Gasteiger partial charge in [0.25, 0.3) is 17.5 Å². The van der Waals surface area contributed by atoms with Crippen molar-refractivity contribution in [1.29, 1.82) is 0 Å². The fourth-order valence-corrected chi connectivity index (χ4v) is 2.80. The minimum atomic E-state index is -0.504. The summed E-state index contributed by atoms with van der Waals surface area (Å²) in [6, 6.07) is 12.9. The maximum absolute atomic E-state index is 12.7. The lowest BCUT2D eigenvalue weighted by Gasteiger charge is -2.11. The second-order valence-corrected chi connectivity index (χ2v) is 7.05. The molecule has 0 saturated heterocycles. The number of carbonyl (C=O) groups excluding carboxylic acids is 2. The third-order valence-electron chi connectivity index (χ3n) is 4.51. The van der Waals surface area contributed by atoms with E-state index in [2.05, 4.69) is 17.6 Å². The molecule has 0 radical (unpaired) electrons. The largest absolute Gasteiger partial charge is 0.351 e. The number of nitrogens with zero attached hydrogens (tertiary/aromatic N) is 1. The summed E-state index contributed by atoms with van der Waals surface area (Å²) in [6.07, 6.45) is 5.49. The quantitative estimate of drug-likeness (QED) is 0.263. The highest BCUT2D eigenvalue weighted by Crippen LogP contribution is 2.16. The SMILES string of the molecule is CCCCCCNC(=O)/C(=C/c1cccc([N+](=O)[O-])c1)NC(=O)c1ccc(C)cc1. The van der Waals surface area contributed by atoms with Gasteiger partial charge in [-0.25, -0.2) is 0 Å². The smallest absolute Gasteiger partial charge is 0.270 e. The molecule has 0 heterocycles. The van der Waals surface area contributed by atoms with Crippen LogP contribution in [0, 0.1) is 17.0 Å². The normalized spacial score (nSPS) is 11.1. The van der Waals surface area contributed by atoms with E-state index in [1.54, 1.807) is 18.2 Å². The van der Waals surface area contributed by atoms with Crippen LogP contribution in [0.4, 0.5) is 5.69 Å². The number of carbonyl (C=O) groups is 2. The van der Waals surface area contributed by atoms with Crippen molar-refractivity contribution in [3.05, 3.63) is 81.0 Å². The number of nitrogens with one attached hydrogen (secondary N) is 2. The summed E-state index contributed by atoms with van der Waals surface area (Å²) in [6.45, 7) is 4.52. The van der Waals surface area contributed by atoms with E-state index in [1.165, 1.54) is 24.3 Å². The molecule has 2 aromatic rings. The number of amides is 2. The number of hydrogen-bond acceptors (Lipinski definition) is 4. The van der Waals surface area contributed by atoms with Crippen molar-refractivity contribution in [3.8, 4) is 0 Å². The maximum Gasteiger partial charge on any atom is 0.270 e. The van der Waals surface area contributed by atoms with Crippen LogP contribution in [0.1, 0.15) is 54.1 Å². The molecular formula is C23H27N3O4. The Morgan fingerprint density at radius 2 is 1.80 bits per heavy atom. The Kier molecular flexibility index (Phi) is 8.75. The first-order chi connectivity index (χ1) is 14.4. The molecule has 0 saturated carbocycles. The van der Waals surface area contributed by atoms with E-state index in [-0.39, 0.29) is 11.4 Å². The molecule has 2 aromatic carbocycles. The third-order valence-corrected chi connectivity index (χ3v) is 4.51. The van der Waals surface area contributed by atoms with Crippen molar-refractivity contribution in [1.82, 2.24) is 10.6 Å². The van der Waals surface area contributed by atoms with Gasteiger partial charge in [0.2, 0.25) is 0 Å². The summed E-state index contributed by atoms with van der Waals surface area (Å²) in [5.74, 6) is -0.855. The number of hydrogen-bond donors (Lipinski definition) is 2. The number of unbranched alkanes of at least 4 members (excludes halogenated alkanes) is 3.